The van der Waals surface area contributed by atoms with Crippen molar-refractivity contribution in [3.05, 3.63) is 51.5 Å². The molecular weight excluding hydrogens is 445 g/mol. The predicted molar refractivity (Wildman–Crippen MR) is 121 cm³/mol. The van der Waals surface area contributed by atoms with Gasteiger partial charge in [-0.15, -0.1) is 36.2 Å². The number of piperidine rings is 1. The lowest BCUT2D eigenvalue weighted by Crippen LogP contribution is -2.44. The Bertz CT molecular complexity index is 858. The molecule has 5 rings (SSSR count). The zero-order chi connectivity index (χ0) is 19.0. The zero-order valence-electron chi connectivity index (χ0n) is 16.7. The molecular formula is C21H27Cl2N3O3S. The Kier molecular flexibility index (Phi) is 7.76. The van der Waals surface area contributed by atoms with Crippen LogP contribution < -0.4 is 5.32 Å². The minimum absolute atomic E-state index is 0. The largest absolute Gasteiger partial charge is 0.370 e. The van der Waals surface area contributed by atoms with Crippen molar-refractivity contribution in [2.75, 3.05) is 39.4 Å². The van der Waals surface area contributed by atoms with Gasteiger partial charge in [-0.1, -0.05) is 6.07 Å². The summed E-state index contributed by atoms with van der Waals surface area (Å²) in [7, 11) is 0. The molecule has 0 bridgehead atoms. The highest BCUT2D eigenvalue weighted by atomic mass is 35.5. The van der Waals surface area contributed by atoms with E-state index < -0.39 is 0 Å². The van der Waals surface area contributed by atoms with Crippen molar-refractivity contribution in [1.29, 1.82) is 0 Å². The summed E-state index contributed by atoms with van der Waals surface area (Å²) in [6.07, 6.45) is 4.47. The smallest absolute Gasteiger partial charge is 0.264 e. The molecule has 0 aliphatic carbocycles. The maximum Gasteiger partial charge on any atom is 0.264 e. The molecule has 1 spiro atoms. The van der Waals surface area contributed by atoms with Crippen LogP contribution >= 0.6 is 36.2 Å². The van der Waals surface area contributed by atoms with E-state index in [-0.39, 0.29) is 42.4 Å². The first-order chi connectivity index (χ1) is 13.8. The van der Waals surface area contributed by atoms with Crippen LogP contribution in [0.4, 0.5) is 0 Å². The fraction of sp³-hybridized carbons (Fsp3) is 0.524. The van der Waals surface area contributed by atoms with Gasteiger partial charge in [0.1, 0.15) is 6.10 Å². The molecule has 2 aromatic heterocycles. The van der Waals surface area contributed by atoms with Gasteiger partial charge in [-0.25, -0.2) is 0 Å². The molecule has 1 N–H and O–H groups in total. The molecule has 30 heavy (non-hydrogen) atoms. The number of aromatic nitrogens is 1. The van der Waals surface area contributed by atoms with Crippen molar-refractivity contribution in [1.82, 2.24) is 15.2 Å². The Morgan fingerprint density at radius 3 is 2.83 bits per heavy atom. The molecule has 3 aliphatic rings. The molecule has 2 saturated heterocycles. The third-order valence-corrected chi connectivity index (χ3v) is 7.18. The Morgan fingerprint density at radius 2 is 2.07 bits per heavy atom. The fourth-order valence-corrected chi connectivity index (χ4v) is 5.70. The number of carbonyl (C=O) groups excluding carboxylic acids is 1. The van der Waals surface area contributed by atoms with Crippen molar-refractivity contribution in [3.63, 3.8) is 0 Å². The van der Waals surface area contributed by atoms with Crippen LogP contribution in [0.3, 0.4) is 0 Å². The third-order valence-electron chi connectivity index (χ3n) is 6.00. The number of nitrogens with zero attached hydrogens (tertiary/aromatic N) is 2. The number of morpholine rings is 1. The third kappa shape index (κ3) is 4.38. The lowest BCUT2D eigenvalue weighted by atomic mass is 9.83. The number of rotatable bonds is 2. The average Bonchev–Trinajstić information content (AvgIpc) is 3.21. The Labute approximate surface area is 193 Å². The molecule has 2 fully saturated rings. The van der Waals surface area contributed by atoms with E-state index in [0.29, 0.717) is 19.7 Å². The summed E-state index contributed by atoms with van der Waals surface area (Å²) in [5.41, 5.74) is 1.94. The van der Waals surface area contributed by atoms with Crippen LogP contribution in [0, 0.1) is 0 Å². The number of hydrogen-bond acceptors (Lipinski definition) is 6. The number of amides is 1. The van der Waals surface area contributed by atoms with Crippen LogP contribution in [0.25, 0.3) is 0 Å². The second-order valence-electron chi connectivity index (χ2n) is 7.66. The minimum Gasteiger partial charge on any atom is -0.370 e. The SMILES string of the molecule is Cl.Cl.O=C(c1cc2c(s1)CCOC21CCNCC1)N1CCOC(c2ccccn2)C1. The number of pyridine rings is 1. The van der Waals surface area contributed by atoms with Gasteiger partial charge >= 0.3 is 0 Å². The molecule has 9 heteroatoms. The highest BCUT2D eigenvalue weighted by Crippen LogP contribution is 2.43. The maximum atomic E-state index is 13.3. The summed E-state index contributed by atoms with van der Waals surface area (Å²) in [4.78, 5) is 21.7. The van der Waals surface area contributed by atoms with Crippen LogP contribution in [-0.4, -0.2) is 55.2 Å². The second kappa shape index (κ2) is 9.94. The Morgan fingerprint density at radius 1 is 1.23 bits per heavy atom. The van der Waals surface area contributed by atoms with Crippen LogP contribution in [0.2, 0.25) is 0 Å². The second-order valence-corrected chi connectivity index (χ2v) is 8.79. The lowest BCUT2D eigenvalue weighted by molar-refractivity contribution is -0.0792. The highest BCUT2D eigenvalue weighted by Gasteiger charge is 2.41. The molecule has 1 unspecified atom stereocenters. The van der Waals surface area contributed by atoms with Gasteiger partial charge in [0.15, 0.2) is 0 Å². The summed E-state index contributed by atoms with van der Waals surface area (Å²) < 4.78 is 12.1. The van der Waals surface area contributed by atoms with Gasteiger partial charge in [0.2, 0.25) is 0 Å². The van der Waals surface area contributed by atoms with E-state index in [9.17, 15) is 4.79 Å². The van der Waals surface area contributed by atoms with Crippen LogP contribution in [-0.2, 0) is 21.5 Å². The number of hydrogen-bond donors (Lipinski definition) is 1. The molecule has 0 radical (unpaired) electrons. The highest BCUT2D eigenvalue weighted by molar-refractivity contribution is 7.14. The van der Waals surface area contributed by atoms with Crippen molar-refractivity contribution in [3.8, 4) is 0 Å². The summed E-state index contributed by atoms with van der Waals surface area (Å²) in [6.45, 7) is 4.39. The molecule has 0 saturated carbocycles. The minimum atomic E-state index is -0.199. The first-order valence-electron chi connectivity index (χ1n) is 10.0. The first-order valence-corrected chi connectivity index (χ1v) is 10.9. The van der Waals surface area contributed by atoms with Crippen LogP contribution in [0.5, 0.6) is 0 Å². The van der Waals surface area contributed by atoms with E-state index in [1.165, 1.54) is 10.4 Å². The van der Waals surface area contributed by atoms with E-state index >= 15 is 0 Å². The Balaban J connectivity index is 0.00000128. The quantitative estimate of drug-likeness (QED) is 0.727. The van der Waals surface area contributed by atoms with Gasteiger partial charge in [0.25, 0.3) is 5.91 Å². The normalized spacial score (nSPS) is 22.5. The van der Waals surface area contributed by atoms with Crippen molar-refractivity contribution < 1.29 is 14.3 Å². The molecule has 5 heterocycles. The summed E-state index contributed by atoms with van der Waals surface area (Å²) >= 11 is 1.65. The van der Waals surface area contributed by atoms with E-state index in [0.717, 1.165) is 49.5 Å². The van der Waals surface area contributed by atoms with Crippen molar-refractivity contribution in [2.45, 2.75) is 31.0 Å². The maximum absolute atomic E-state index is 13.3. The molecule has 1 amide bonds. The zero-order valence-corrected chi connectivity index (χ0v) is 19.1. The summed E-state index contributed by atoms with van der Waals surface area (Å²) in [6, 6.07) is 7.92. The number of fused-ring (bicyclic) bond motifs is 2. The van der Waals surface area contributed by atoms with E-state index in [4.69, 9.17) is 9.47 Å². The lowest BCUT2D eigenvalue weighted by Gasteiger charge is -2.40. The number of thiophene rings is 1. The summed E-state index contributed by atoms with van der Waals surface area (Å²) in [5, 5.41) is 3.42. The molecule has 164 valence electrons. The Hall–Kier alpha value is -1.22. The van der Waals surface area contributed by atoms with Gasteiger partial charge in [-0.2, -0.15) is 0 Å². The van der Waals surface area contributed by atoms with Gasteiger partial charge in [-0.3, -0.25) is 9.78 Å². The van der Waals surface area contributed by atoms with Crippen LogP contribution in [0.15, 0.2) is 30.5 Å². The number of carbonyl (C=O) groups is 1. The van der Waals surface area contributed by atoms with Crippen LogP contribution in [0.1, 0.15) is 44.8 Å². The van der Waals surface area contributed by atoms with Gasteiger partial charge in [0, 0.05) is 24.0 Å². The summed E-state index contributed by atoms with van der Waals surface area (Å²) in [5.74, 6) is 0.104. The van der Waals surface area contributed by atoms with Gasteiger partial charge < -0.3 is 19.7 Å². The predicted octanol–water partition coefficient (Wildman–Crippen LogP) is 3.35. The fourth-order valence-electron chi connectivity index (χ4n) is 4.50. The number of ether oxygens (including phenoxy) is 2. The molecule has 1 atom stereocenters. The first kappa shape index (κ1) is 23.4. The van der Waals surface area contributed by atoms with E-state index in [1.54, 1.807) is 17.5 Å². The van der Waals surface area contributed by atoms with Crippen molar-refractivity contribution >= 4 is 42.1 Å². The van der Waals surface area contributed by atoms with Gasteiger partial charge in [0.05, 0.1) is 35.9 Å². The topological polar surface area (TPSA) is 63.7 Å². The molecule has 6 nitrogen and oxygen atoms in total. The average molecular weight is 472 g/mol. The van der Waals surface area contributed by atoms with E-state index in [1.807, 2.05) is 23.1 Å². The van der Waals surface area contributed by atoms with E-state index in [2.05, 4.69) is 16.4 Å². The monoisotopic (exact) mass is 471 g/mol. The van der Waals surface area contributed by atoms with Crippen molar-refractivity contribution in [2.24, 2.45) is 0 Å². The number of halogens is 2. The van der Waals surface area contributed by atoms with Gasteiger partial charge in [-0.05, 0) is 49.7 Å². The molecule has 2 aromatic rings. The molecule has 3 aliphatic heterocycles. The standard InChI is InChI=1S/C21H25N3O3S.2ClH/c25-20(24-10-12-26-17(14-24)16-3-1-2-7-23-16)19-13-15-18(28-19)4-11-27-21(15)5-8-22-9-6-21;;/h1-3,7,13,17,22H,4-6,8-12,14H2;2*1H. The molecule has 0 aromatic carbocycles. The number of nitrogens with one attached hydrogen (secondary N) is 1.